The van der Waals surface area contributed by atoms with Gasteiger partial charge < -0.3 is 18.9 Å². The average Bonchev–Trinajstić information content (AvgIpc) is 2.95. The Hall–Kier alpha value is -4.39. The minimum Gasteiger partial charge on any atom is -0.494 e. The van der Waals surface area contributed by atoms with E-state index in [0.717, 1.165) is 25.3 Å². The van der Waals surface area contributed by atoms with Crippen LogP contribution in [0.3, 0.4) is 0 Å². The fraction of sp³-hybridized carbons (Fsp3) is 0.258. The van der Waals surface area contributed by atoms with Crippen molar-refractivity contribution in [1.82, 2.24) is 0 Å². The molecule has 0 spiro atoms. The van der Waals surface area contributed by atoms with Gasteiger partial charge in [-0.05, 0) is 91.9 Å². The normalized spacial score (nSPS) is 10.3. The summed E-state index contributed by atoms with van der Waals surface area (Å²) in [4.78, 5) is 35.9. The molecule has 0 atom stereocenters. The van der Waals surface area contributed by atoms with E-state index in [-0.39, 0.29) is 0 Å². The maximum Gasteiger partial charge on any atom is 0.343 e. The van der Waals surface area contributed by atoms with E-state index in [0.29, 0.717) is 54.4 Å². The van der Waals surface area contributed by atoms with Gasteiger partial charge in [0, 0.05) is 6.08 Å². The quantitative estimate of drug-likeness (QED) is 0.107. The predicted molar refractivity (Wildman–Crippen MR) is 144 cm³/mol. The van der Waals surface area contributed by atoms with Crippen molar-refractivity contribution in [2.45, 2.75) is 39.0 Å². The molecule has 0 radical (unpaired) electrons. The lowest BCUT2D eigenvalue weighted by Gasteiger charge is -2.09. The molecule has 0 aromatic heterocycles. The number of aryl methyl sites for hydroxylation is 1. The van der Waals surface area contributed by atoms with Crippen LogP contribution >= 0.6 is 0 Å². The van der Waals surface area contributed by atoms with E-state index in [1.807, 2.05) is 12.1 Å². The Morgan fingerprint density at radius 1 is 0.684 bits per heavy atom. The average molecular weight is 517 g/mol. The zero-order valence-corrected chi connectivity index (χ0v) is 21.5. The molecular formula is C31H32O7. The van der Waals surface area contributed by atoms with E-state index in [1.54, 1.807) is 60.7 Å². The van der Waals surface area contributed by atoms with Crippen LogP contribution in [0.15, 0.2) is 85.5 Å². The van der Waals surface area contributed by atoms with E-state index in [9.17, 15) is 14.4 Å². The third-order valence-electron chi connectivity index (χ3n) is 5.56. The highest BCUT2D eigenvalue weighted by molar-refractivity contribution is 5.92. The molecule has 3 aromatic rings. The van der Waals surface area contributed by atoms with Crippen LogP contribution in [-0.2, 0) is 16.0 Å². The van der Waals surface area contributed by atoms with Gasteiger partial charge in [0.1, 0.15) is 17.2 Å². The van der Waals surface area contributed by atoms with Gasteiger partial charge in [0.05, 0.1) is 24.3 Å². The van der Waals surface area contributed by atoms with E-state index in [1.165, 1.54) is 5.56 Å². The van der Waals surface area contributed by atoms with Crippen molar-refractivity contribution >= 4 is 17.9 Å². The van der Waals surface area contributed by atoms with Crippen molar-refractivity contribution in [3.8, 4) is 17.2 Å². The number of carbonyl (C=O) groups is 3. The summed E-state index contributed by atoms with van der Waals surface area (Å²) in [7, 11) is 0. The summed E-state index contributed by atoms with van der Waals surface area (Å²) in [5.41, 5.74) is 2.03. The van der Waals surface area contributed by atoms with Crippen molar-refractivity contribution in [3.63, 3.8) is 0 Å². The second-order valence-electron chi connectivity index (χ2n) is 8.50. The van der Waals surface area contributed by atoms with E-state index in [2.05, 4.69) is 13.5 Å². The number of ether oxygens (including phenoxy) is 4. The maximum absolute atomic E-state index is 12.5. The Morgan fingerprint density at radius 3 is 1.71 bits per heavy atom. The van der Waals surface area contributed by atoms with Crippen LogP contribution < -0.4 is 14.2 Å². The first kappa shape index (κ1) is 28.2. The van der Waals surface area contributed by atoms with Gasteiger partial charge in [0.2, 0.25) is 0 Å². The molecule has 0 saturated heterocycles. The van der Waals surface area contributed by atoms with Crippen LogP contribution in [0.4, 0.5) is 0 Å². The Morgan fingerprint density at radius 2 is 1.18 bits per heavy atom. The van der Waals surface area contributed by atoms with Crippen molar-refractivity contribution in [3.05, 3.63) is 102 Å². The fourth-order valence-electron chi connectivity index (χ4n) is 3.41. The van der Waals surface area contributed by atoms with Crippen molar-refractivity contribution < 1.29 is 33.3 Å². The number of unbranched alkanes of at least 4 members (excludes halogenated alkanes) is 2. The number of hydrogen-bond donors (Lipinski definition) is 0. The molecule has 0 unspecified atom stereocenters. The lowest BCUT2D eigenvalue weighted by Crippen LogP contribution is -2.10. The first-order valence-electron chi connectivity index (χ1n) is 12.6. The Labute approximate surface area is 223 Å². The van der Waals surface area contributed by atoms with Crippen LogP contribution in [0.5, 0.6) is 17.2 Å². The number of hydrogen-bond acceptors (Lipinski definition) is 7. The van der Waals surface area contributed by atoms with Gasteiger partial charge in [-0.2, -0.15) is 0 Å². The van der Waals surface area contributed by atoms with Gasteiger partial charge in [-0.3, -0.25) is 0 Å². The molecule has 7 heteroatoms. The summed E-state index contributed by atoms with van der Waals surface area (Å²) in [5, 5.41) is 0. The third kappa shape index (κ3) is 9.24. The van der Waals surface area contributed by atoms with Crippen LogP contribution in [-0.4, -0.2) is 31.1 Å². The molecule has 0 bridgehead atoms. The topological polar surface area (TPSA) is 88.1 Å². The second kappa shape index (κ2) is 15.0. The summed E-state index contributed by atoms with van der Waals surface area (Å²) in [6.45, 7) is 6.25. The third-order valence-corrected chi connectivity index (χ3v) is 5.56. The monoisotopic (exact) mass is 516 g/mol. The summed E-state index contributed by atoms with van der Waals surface area (Å²) < 4.78 is 21.4. The molecule has 0 aliphatic carbocycles. The van der Waals surface area contributed by atoms with Gasteiger partial charge >= 0.3 is 17.9 Å². The molecule has 0 amide bonds. The Balaban J connectivity index is 1.43. The second-order valence-corrected chi connectivity index (χ2v) is 8.50. The lowest BCUT2D eigenvalue weighted by molar-refractivity contribution is -0.137. The minimum atomic E-state index is -0.520. The molecule has 0 N–H and O–H groups in total. The summed E-state index contributed by atoms with van der Waals surface area (Å²) in [6.07, 6.45) is 5.74. The molecular weight excluding hydrogens is 484 g/mol. The minimum absolute atomic E-state index is 0.315. The fourth-order valence-corrected chi connectivity index (χ4v) is 3.41. The van der Waals surface area contributed by atoms with Crippen molar-refractivity contribution in [2.24, 2.45) is 0 Å². The molecule has 0 fully saturated rings. The first-order chi connectivity index (χ1) is 18.5. The summed E-state index contributed by atoms with van der Waals surface area (Å²) in [5.74, 6) is -0.111. The molecule has 0 saturated carbocycles. The highest BCUT2D eigenvalue weighted by atomic mass is 16.5. The number of rotatable bonds is 14. The number of benzene rings is 3. The van der Waals surface area contributed by atoms with E-state index >= 15 is 0 Å². The zero-order valence-electron chi connectivity index (χ0n) is 21.5. The smallest absolute Gasteiger partial charge is 0.343 e. The first-order valence-corrected chi connectivity index (χ1v) is 12.6. The van der Waals surface area contributed by atoms with Crippen LogP contribution in [0.25, 0.3) is 0 Å². The predicted octanol–water partition coefficient (Wildman–Crippen LogP) is 6.36. The molecule has 0 aliphatic heterocycles. The highest BCUT2D eigenvalue weighted by Crippen LogP contribution is 2.21. The molecule has 38 heavy (non-hydrogen) atoms. The van der Waals surface area contributed by atoms with Crippen molar-refractivity contribution in [2.75, 3.05) is 13.2 Å². The molecule has 0 aliphatic rings. The Bertz CT molecular complexity index is 1200. The van der Waals surface area contributed by atoms with Crippen molar-refractivity contribution in [1.29, 1.82) is 0 Å². The van der Waals surface area contributed by atoms with Gasteiger partial charge in [-0.25, -0.2) is 14.4 Å². The summed E-state index contributed by atoms with van der Waals surface area (Å²) >= 11 is 0. The molecule has 7 nitrogen and oxygen atoms in total. The number of carbonyl (C=O) groups excluding carboxylic acids is 3. The highest BCUT2D eigenvalue weighted by Gasteiger charge is 2.11. The number of esters is 3. The lowest BCUT2D eigenvalue weighted by atomic mass is 10.1. The van der Waals surface area contributed by atoms with Crippen LogP contribution in [0.2, 0.25) is 0 Å². The van der Waals surface area contributed by atoms with Gasteiger partial charge in [-0.15, -0.1) is 0 Å². The van der Waals surface area contributed by atoms with E-state index in [4.69, 9.17) is 18.9 Å². The molecule has 198 valence electrons. The molecule has 3 aromatic carbocycles. The van der Waals surface area contributed by atoms with Crippen LogP contribution in [0, 0.1) is 0 Å². The largest absolute Gasteiger partial charge is 0.494 e. The van der Waals surface area contributed by atoms with E-state index < -0.39 is 17.9 Å². The zero-order chi connectivity index (χ0) is 27.2. The SMILES string of the molecule is C=CC(=O)OCCCCOc1ccc(C(=O)Oc2ccc(OC(=O)c3ccc(CCCC)cc3)cc2)cc1. The Kier molecular flexibility index (Phi) is 11.1. The molecule has 3 rings (SSSR count). The van der Waals surface area contributed by atoms with Crippen LogP contribution in [0.1, 0.15) is 58.9 Å². The van der Waals surface area contributed by atoms with Gasteiger partial charge in [0.25, 0.3) is 0 Å². The van der Waals surface area contributed by atoms with Gasteiger partial charge in [0.15, 0.2) is 0 Å². The van der Waals surface area contributed by atoms with Gasteiger partial charge in [-0.1, -0.05) is 32.1 Å². The summed E-state index contributed by atoms with van der Waals surface area (Å²) in [6, 6.07) is 20.3. The maximum atomic E-state index is 12.5. The molecule has 0 heterocycles. The standard InChI is InChI=1S/C31H32O7/c1-3-5-8-23-9-11-24(12-10-23)30(33)37-27-17-19-28(20-18-27)38-31(34)25-13-15-26(16-14-25)35-21-6-7-22-36-29(32)4-2/h4,9-20H,2-3,5-8,21-22H2,1H3.